The van der Waals surface area contributed by atoms with Crippen LogP contribution in [-0.2, 0) is 4.74 Å². The predicted octanol–water partition coefficient (Wildman–Crippen LogP) is 6.94. The minimum atomic E-state index is 0.515. The van der Waals surface area contributed by atoms with Crippen molar-refractivity contribution < 1.29 is 9.15 Å². The van der Waals surface area contributed by atoms with Crippen LogP contribution in [0.1, 0.15) is 47.3 Å². The number of aromatic nitrogens is 4. The van der Waals surface area contributed by atoms with E-state index in [0.29, 0.717) is 24.7 Å². The number of benzene rings is 1. The summed E-state index contributed by atoms with van der Waals surface area (Å²) < 4.78 is 13.5. The lowest BCUT2D eigenvalue weighted by molar-refractivity contribution is 0.122. The molecule has 1 aromatic carbocycles. The number of hydrogen-bond donors (Lipinski definition) is 0. The van der Waals surface area contributed by atoms with Gasteiger partial charge in [0.25, 0.3) is 5.95 Å². The van der Waals surface area contributed by atoms with Gasteiger partial charge in [0.15, 0.2) is 11.4 Å². The first kappa shape index (κ1) is 26.9. The lowest BCUT2D eigenvalue weighted by atomic mass is 10.1. The highest BCUT2D eigenvalue weighted by Crippen LogP contribution is 2.32. The molecule has 1 aliphatic rings. The van der Waals surface area contributed by atoms with Crippen molar-refractivity contribution >= 4 is 22.5 Å². The SMILES string of the molecule is C/C=C\C(=C/C)c1cc2nc(-n3cc(-c4ccccc4)cn3)nc(N3CCOCC3)c2o1.CC.CC. The maximum Gasteiger partial charge on any atom is 0.253 e. The van der Waals surface area contributed by atoms with Gasteiger partial charge in [0.05, 0.1) is 19.4 Å². The zero-order valence-corrected chi connectivity index (χ0v) is 22.2. The predicted molar refractivity (Wildman–Crippen MR) is 149 cm³/mol. The fourth-order valence-corrected chi connectivity index (χ4v) is 3.85. The second-order valence-electron chi connectivity index (χ2n) is 7.56. The quantitative estimate of drug-likeness (QED) is 0.284. The second-order valence-corrected chi connectivity index (χ2v) is 7.56. The molecule has 7 heteroatoms. The average molecular weight is 488 g/mol. The molecule has 1 fully saturated rings. The molecule has 4 aromatic rings. The number of morpholine rings is 1. The summed E-state index contributed by atoms with van der Waals surface area (Å²) in [6, 6.07) is 12.1. The van der Waals surface area contributed by atoms with Crippen LogP contribution in [0.3, 0.4) is 0 Å². The van der Waals surface area contributed by atoms with Crippen LogP contribution in [0.4, 0.5) is 5.82 Å². The molecule has 0 radical (unpaired) electrons. The summed E-state index contributed by atoms with van der Waals surface area (Å²) >= 11 is 0. The summed E-state index contributed by atoms with van der Waals surface area (Å²) in [6.45, 7) is 14.8. The van der Waals surface area contributed by atoms with Gasteiger partial charge in [0, 0.05) is 36.5 Å². The Hall–Kier alpha value is -3.71. The number of rotatable bonds is 5. The van der Waals surface area contributed by atoms with E-state index in [1.54, 1.807) is 4.68 Å². The van der Waals surface area contributed by atoms with Crippen molar-refractivity contribution in [3.63, 3.8) is 0 Å². The Morgan fingerprint density at radius 2 is 1.67 bits per heavy atom. The van der Waals surface area contributed by atoms with Crippen molar-refractivity contribution in [3.05, 3.63) is 72.8 Å². The maximum absolute atomic E-state index is 6.27. The maximum atomic E-state index is 6.27. The number of furan rings is 1. The highest BCUT2D eigenvalue weighted by Gasteiger charge is 2.22. The fraction of sp³-hybridized carbons (Fsp3) is 0.345. The Morgan fingerprint density at radius 1 is 0.944 bits per heavy atom. The van der Waals surface area contributed by atoms with E-state index in [9.17, 15) is 0 Å². The standard InChI is InChI=1S/C25H25N5O2.2C2H6/c1-3-8-18(4-2)22-15-21-23(32-22)24(29-11-13-31-14-12-29)28-25(27-21)30-17-20(16-26-30)19-9-6-5-7-10-19;2*1-2/h3-10,15-17H,11-14H2,1-2H3;2*1-2H3/b8-3-,18-4+;;. The second kappa shape index (κ2) is 13.4. The fourth-order valence-electron chi connectivity index (χ4n) is 3.85. The number of nitrogens with zero attached hydrogens (tertiary/aromatic N) is 5. The highest BCUT2D eigenvalue weighted by molar-refractivity contribution is 5.89. The van der Waals surface area contributed by atoms with Gasteiger partial charge in [-0.15, -0.1) is 0 Å². The third-order valence-corrected chi connectivity index (χ3v) is 5.49. The number of fused-ring (bicyclic) bond motifs is 1. The van der Waals surface area contributed by atoms with Crippen LogP contribution in [0.15, 0.2) is 71.4 Å². The summed E-state index contributed by atoms with van der Waals surface area (Å²) in [6.07, 6.45) is 9.84. The van der Waals surface area contributed by atoms with Gasteiger partial charge in [0.2, 0.25) is 0 Å². The van der Waals surface area contributed by atoms with E-state index < -0.39 is 0 Å². The Bertz CT molecular complexity index is 1280. The molecule has 3 aromatic heterocycles. The van der Waals surface area contributed by atoms with E-state index >= 15 is 0 Å². The number of ether oxygens (including phenoxy) is 1. The van der Waals surface area contributed by atoms with Crippen LogP contribution in [-0.4, -0.2) is 46.1 Å². The van der Waals surface area contributed by atoms with Crippen LogP contribution in [0.5, 0.6) is 0 Å². The van der Waals surface area contributed by atoms with Crippen molar-refractivity contribution in [2.24, 2.45) is 0 Å². The molecule has 5 rings (SSSR count). The molecule has 0 saturated carbocycles. The molecule has 4 heterocycles. The molecule has 7 nitrogen and oxygen atoms in total. The van der Waals surface area contributed by atoms with Gasteiger partial charge in [-0.05, 0) is 19.4 Å². The molecular weight excluding hydrogens is 450 g/mol. The first-order chi connectivity index (χ1) is 17.8. The van der Waals surface area contributed by atoms with E-state index in [0.717, 1.165) is 46.9 Å². The Kier molecular flexibility index (Phi) is 10.0. The highest BCUT2D eigenvalue weighted by atomic mass is 16.5. The van der Waals surface area contributed by atoms with Gasteiger partial charge in [-0.1, -0.05) is 76.3 Å². The van der Waals surface area contributed by atoms with Gasteiger partial charge in [-0.25, -0.2) is 9.67 Å². The number of allylic oxidation sites excluding steroid dienone is 4. The van der Waals surface area contributed by atoms with E-state index in [4.69, 9.17) is 19.1 Å². The molecule has 1 saturated heterocycles. The average Bonchev–Trinajstić information content (AvgIpc) is 3.62. The minimum absolute atomic E-state index is 0.515. The topological polar surface area (TPSA) is 69.2 Å². The molecule has 36 heavy (non-hydrogen) atoms. The zero-order valence-electron chi connectivity index (χ0n) is 22.2. The summed E-state index contributed by atoms with van der Waals surface area (Å²) in [7, 11) is 0. The Labute approximate surface area is 214 Å². The van der Waals surface area contributed by atoms with E-state index in [2.05, 4.69) is 22.1 Å². The smallest absolute Gasteiger partial charge is 0.253 e. The van der Waals surface area contributed by atoms with Gasteiger partial charge >= 0.3 is 0 Å². The molecule has 0 unspecified atom stereocenters. The van der Waals surface area contributed by atoms with Crippen molar-refractivity contribution in [2.75, 3.05) is 31.2 Å². The van der Waals surface area contributed by atoms with Crippen LogP contribution in [0.25, 0.3) is 33.7 Å². The number of hydrogen-bond acceptors (Lipinski definition) is 6. The molecule has 1 aliphatic heterocycles. The third kappa shape index (κ3) is 5.91. The van der Waals surface area contributed by atoms with Crippen molar-refractivity contribution in [1.29, 1.82) is 0 Å². The van der Waals surface area contributed by atoms with Crippen LogP contribution in [0.2, 0.25) is 0 Å². The molecular formula is C29H37N5O2. The van der Waals surface area contributed by atoms with Gasteiger partial charge in [-0.3, -0.25) is 0 Å². The molecule has 0 aliphatic carbocycles. The lowest BCUT2D eigenvalue weighted by Crippen LogP contribution is -2.37. The Morgan fingerprint density at radius 3 is 2.33 bits per heavy atom. The first-order valence-corrected chi connectivity index (χ1v) is 12.8. The van der Waals surface area contributed by atoms with Crippen LogP contribution in [0, 0.1) is 0 Å². The van der Waals surface area contributed by atoms with Gasteiger partial charge < -0.3 is 14.1 Å². The minimum Gasteiger partial charge on any atom is -0.450 e. The summed E-state index contributed by atoms with van der Waals surface area (Å²) in [5.74, 6) is 2.06. The molecule has 0 bridgehead atoms. The molecule has 0 atom stereocenters. The van der Waals surface area contributed by atoms with Crippen LogP contribution < -0.4 is 4.90 Å². The van der Waals surface area contributed by atoms with Gasteiger partial charge in [0.1, 0.15) is 11.3 Å². The molecule has 0 spiro atoms. The third-order valence-electron chi connectivity index (χ3n) is 5.49. The normalized spacial score (nSPS) is 13.8. The molecule has 0 amide bonds. The largest absolute Gasteiger partial charge is 0.450 e. The molecule has 0 N–H and O–H groups in total. The van der Waals surface area contributed by atoms with Crippen LogP contribution >= 0.6 is 0 Å². The molecule has 190 valence electrons. The van der Waals surface area contributed by atoms with Crippen molar-refractivity contribution in [2.45, 2.75) is 41.5 Å². The number of anilines is 1. The van der Waals surface area contributed by atoms with E-state index in [1.165, 1.54) is 0 Å². The summed E-state index contributed by atoms with van der Waals surface area (Å²) in [5.41, 5.74) is 4.56. The monoisotopic (exact) mass is 487 g/mol. The Balaban J connectivity index is 0.000000861. The summed E-state index contributed by atoms with van der Waals surface area (Å²) in [5, 5.41) is 4.54. The van der Waals surface area contributed by atoms with E-state index in [-0.39, 0.29) is 0 Å². The summed E-state index contributed by atoms with van der Waals surface area (Å²) in [4.78, 5) is 11.9. The van der Waals surface area contributed by atoms with E-state index in [1.807, 2.05) is 96.4 Å². The zero-order chi connectivity index (χ0) is 25.9. The van der Waals surface area contributed by atoms with Crippen molar-refractivity contribution in [3.8, 4) is 17.1 Å². The first-order valence-electron chi connectivity index (χ1n) is 12.8. The van der Waals surface area contributed by atoms with Crippen molar-refractivity contribution in [1.82, 2.24) is 19.7 Å². The van der Waals surface area contributed by atoms with Gasteiger partial charge in [-0.2, -0.15) is 10.1 Å². The lowest BCUT2D eigenvalue weighted by Gasteiger charge is -2.27.